The van der Waals surface area contributed by atoms with Crippen LogP contribution in [0.5, 0.6) is 5.75 Å². The molecule has 1 aromatic rings. The first kappa shape index (κ1) is 20.3. The third kappa shape index (κ3) is 4.95. The highest BCUT2D eigenvalue weighted by Crippen LogP contribution is 2.23. The van der Waals surface area contributed by atoms with Crippen LogP contribution in [0.4, 0.5) is 5.69 Å². The summed E-state index contributed by atoms with van der Waals surface area (Å²) in [4.78, 5) is 12.3. The van der Waals surface area contributed by atoms with Crippen LogP contribution in [-0.2, 0) is 4.74 Å². The van der Waals surface area contributed by atoms with Gasteiger partial charge < -0.3 is 24.6 Å². The third-order valence-electron chi connectivity index (χ3n) is 6.26. The van der Waals surface area contributed by atoms with E-state index in [4.69, 9.17) is 14.5 Å². The van der Waals surface area contributed by atoms with Crippen molar-refractivity contribution < 1.29 is 9.47 Å². The Bertz CT molecular complexity index is 672. The SMILES string of the molecule is CCNC(=NCC1CN2CCCC2CO1)N1CCN(c2ccc(OC)cc2)CC1. The Labute approximate surface area is 174 Å². The molecule has 3 aliphatic rings. The number of guanidine groups is 1. The van der Waals surface area contributed by atoms with Gasteiger partial charge in [0.2, 0.25) is 0 Å². The molecule has 4 rings (SSSR count). The van der Waals surface area contributed by atoms with E-state index < -0.39 is 0 Å². The Morgan fingerprint density at radius 3 is 2.69 bits per heavy atom. The number of piperazine rings is 1. The van der Waals surface area contributed by atoms with Crippen LogP contribution in [0.3, 0.4) is 0 Å². The van der Waals surface area contributed by atoms with Crippen molar-refractivity contribution in [2.45, 2.75) is 31.9 Å². The monoisotopic (exact) mass is 401 g/mol. The number of hydrogen-bond acceptors (Lipinski definition) is 5. The number of hydrogen-bond donors (Lipinski definition) is 1. The molecule has 7 nitrogen and oxygen atoms in total. The van der Waals surface area contributed by atoms with Gasteiger partial charge >= 0.3 is 0 Å². The first-order chi connectivity index (χ1) is 14.3. The Balaban J connectivity index is 1.31. The molecule has 0 aliphatic carbocycles. The molecule has 0 aromatic heterocycles. The van der Waals surface area contributed by atoms with Crippen LogP contribution < -0.4 is 15.0 Å². The quantitative estimate of drug-likeness (QED) is 0.598. The summed E-state index contributed by atoms with van der Waals surface area (Å²) >= 11 is 0. The molecular formula is C22H35N5O2. The number of methoxy groups -OCH3 is 1. The van der Waals surface area contributed by atoms with Crippen molar-refractivity contribution in [3.05, 3.63) is 24.3 Å². The van der Waals surface area contributed by atoms with Gasteiger partial charge in [0.05, 0.1) is 26.4 Å². The molecule has 0 saturated carbocycles. The van der Waals surface area contributed by atoms with Crippen LogP contribution in [0, 0.1) is 0 Å². The molecule has 29 heavy (non-hydrogen) atoms. The van der Waals surface area contributed by atoms with Gasteiger partial charge in [-0.2, -0.15) is 0 Å². The molecule has 3 saturated heterocycles. The minimum atomic E-state index is 0.221. The average Bonchev–Trinajstić information content (AvgIpc) is 3.25. The fraction of sp³-hybridized carbons (Fsp3) is 0.682. The zero-order valence-corrected chi connectivity index (χ0v) is 17.8. The number of benzene rings is 1. The predicted molar refractivity (Wildman–Crippen MR) is 117 cm³/mol. The van der Waals surface area contributed by atoms with E-state index >= 15 is 0 Å². The standard InChI is InChI=1S/C22H35N5O2/c1-3-23-22(24-15-21-16-27-10-4-5-19(27)17-29-21)26-13-11-25(12-14-26)18-6-8-20(28-2)9-7-18/h6-9,19,21H,3-5,10-17H2,1-2H3,(H,23,24). The lowest BCUT2D eigenvalue weighted by atomic mass is 10.2. The molecule has 7 heteroatoms. The van der Waals surface area contributed by atoms with Gasteiger partial charge in [-0.25, -0.2) is 0 Å². The highest BCUT2D eigenvalue weighted by atomic mass is 16.5. The first-order valence-corrected chi connectivity index (χ1v) is 11.0. The van der Waals surface area contributed by atoms with E-state index in [0.717, 1.165) is 64.1 Å². The largest absolute Gasteiger partial charge is 0.497 e. The van der Waals surface area contributed by atoms with Crippen LogP contribution in [0.1, 0.15) is 19.8 Å². The van der Waals surface area contributed by atoms with Crippen LogP contribution in [0.2, 0.25) is 0 Å². The summed E-state index contributed by atoms with van der Waals surface area (Å²) in [5, 5.41) is 3.48. The molecule has 3 aliphatic heterocycles. The lowest BCUT2D eigenvalue weighted by Gasteiger charge is -2.38. The minimum absolute atomic E-state index is 0.221. The predicted octanol–water partition coefficient (Wildman–Crippen LogP) is 1.65. The number of anilines is 1. The maximum absolute atomic E-state index is 6.09. The van der Waals surface area contributed by atoms with Crippen molar-refractivity contribution in [3.8, 4) is 5.75 Å². The molecule has 0 spiro atoms. The lowest BCUT2D eigenvalue weighted by Crippen LogP contribution is -2.53. The molecular weight excluding hydrogens is 366 g/mol. The van der Waals surface area contributed by atoms with Gasteiger partial charge in [-0.15, -0.1) is 0 Å². The summed E-state index contributed by atoms with van der Waals surface area (Å²) in [5.41, 5.74) is 1.25. The van der Waals surface area contributed by atoms with Crippen molar-refractivity contribution in [1.29, 1.82) is 0 Å². The number of nitrogens with zero attached hydrogens (tertiary/aromatic N) is 4. The van der Waals surface area contributed by atoms with Crippen LogP contribution in [-0.4, -0.2) is 94.0 Å². The van der Waals surface area contributed by atoms with Crippen molar-refractivity contribution in [2.75, 3.05) is 71.0 Å². The Morgan fingerprint density at radius 1 is 1.17 bits per heavy atom. The van der Waals surface area contributed by atoms with Gasteiger partial charge in [-0.3, -0.25) is 9.89 Å². The molecule has 3 fully saturated rings. The van der Waals surface area contributed by atoms with Crippen LogP contribution in [0.15, 0.2) is 29.3 Å². The third-order valence-corrected chi connectivity index (χ3v) is 6.26. The summed E-state index contributed by atoms with van der Waals surface area (Å²) in [6.45, 7) is 10.8. The number of ether oxygens (including phenoxy) is 2. The number of nitrogens with one attached hydrogen (secondary N) is 1. The molecule has 0 radical (unpaired) electrons. The second kappa shape index (κ2) is 9.67. The Morgan fingerprint density at radius 2 is 1.97 bits per heavy atom. The number of aliphatic imine (C=N–C) groups is 1. The van der Waals surface area contributed by atoms with Gasteiger partial charge in [0.1, 0.15) is 5.75 Å². The van der Waals surface area contributed by atoms with Gasteiger partial charge in [0.15, 0.2) is 5.96 Å². The summed E-state index contributed by atoms with van der Waals surface area (Å²) in [5.74, 6) is 1.92. The molecule has 3 heterocycles. The van der Waals surface area contributed by atoms with Crippen LogP contribution >= 0.6 is 0 Å². The fourth-order valence-corrected chi connectivity index (χ4v) is 4.58. The topological polar surface area (TPSA) is 52.6 Å². The van der Waals surface area contributed by atoms with E-state index in [2.05, 4.69) is 39.1 Å². The van der Waals surface area contributed by atoms with Crippen molar-refractivity contribution >= 4 is 11.6 Å². The Hall–Kier alpha value is -1.99. The van der Waals surface area contributed by atoms with E-state index in [0.29, 0.717) is 6.04 Å². The molecule has 160 valence electrons. The van der Waals surface area contributed by atoms with Crippen molar-refractivity contribution in [1.82, 2.24) is 15.1 Å². The molecule has 0 amide bonds. The molecule has 0 bridgehead atoms. The fourth-order valence-electron chi connectivity index (χ4n) is 4.58. The van der Waals surface area contributed by atoms with Gasteiger partial charge in [-0.05, 0) is 50.6 Å². The number of morpholine rings is 1. The maximum atomic E-state index is 6.09. The Kier molecular flexibility index (Phi) is 6.77. The number of fused-ring (bicyclic) bond motifs is 1. The zero-order valence-electron chi connectivity index (χ0n) is 17.8. The van der Waals surface area contributed by atoms with E-state index in [1.165, 1.54) is 25.1 Å². The zero-order chi connectivity index (χ0) is 20.1. The highest BCUT2D eigenvalue weighted by Gasteiger charge is 2.32. The maximum Gasteiger partial charge on any atom is 0.194 e. The smallest absolute Gasteiger partial charge is 0.194 e. The average molecular weight is 402 g/mol. The summed E-state index contributed by atoms with van der Waals surface area (Å²) < 4.78 is 11.4. The van der Waals surface area contributed by atoms with Crippen LogP contribution in [0.25, 0.3) is 0 Å². The van der Waals surface area contributed by atoms with Gasteiger partial charge in [-0.1, -0.05) is 0 Å². The van der Waals surface area contributed by atoms with E-state index in [1.54, 1.807) is 7.11 Å². The molecule has 2 atom stereocenters. The first-order valence-electron chi connectivity index (χ1n) is 11.0. The number of rotatable bonds is 5. The lowest BCUT2D eigenvalue weighted by molar-refractivity contribution is -0.0432. The molecule has 1 aromatic carbocycles. The summed E-state index contributed by atoms with van der Waals surface area (Å²) in [6, 6.07) is 8.99. The second-order valence-electron chi connectivity index (χ2n) is 8.11. The highest BCUT2D eigenvalue weighted by molar-refractivity contribution is 5.80. The second-order valence-corrected chi connectivity index (χ2v) is 8.11. The van der Waals surface area contributed by atoms with E-state index in [-0.39, 0.29) is 6.10 Å². The van der Waals surface area contributed by atoms with E-state index in [1.807, 2.05) is 12.1 Å². The summed E-state index contributed by atoms with van der Waals surface area (Å²) in [6.07, 6.45) is 2.82. The van der Waals surface area contributed by atoms with E-state index in [9.17, 15) is 0 Å². The molecule has 1 N–H and O–H groups in total. The molecule has 2 unspecified atom stereocenters. The van der Waals surface area contributed by atoms with Gasteiger partial charge in [0.25, 0.3) is 0 Å². The van der Waals surface area contributed by atoms with Gasteiger partial charge in [0, 0.05) is 51.0 Å². The van der Waals surface area contributed by atoms with Crippen molar-refractivity contribution in [2.24, 2.45) is 4.99 Å². The summed E-state index contributed by atoms with van der Waals surface area (Å²) in [7, 11) is 1.71. The van der Waals surface area contributed by atoms with Crippen molar-refractivity contribution in [3.63, 3.8) is 0 Å². The normalized spacial score (nSPS) is 25.8. The minimum Gasteiger partial charge on any atom is -0.497 e.